The smallest absolute Gasteiger partial charge is 0.253 e. The van der Waals surface area contributed by atoms with E-state index in [4.69, 9.17) is 17.1 Å². The Morgan fingerprint density at radius 1 is 1.41 bits per heavy atom. The summed E-state index contributed by atoms with van der Waals surface area (Å²) in [6.45, 7) is -1.39. The molecule has 2 heterocycles. The van der Waals surface area contributed by atoms with Crippen molar-refractivity contribution in [3.63, 3.8) is 0 Å². The number of hydrogen-bond acceptors (Lipinski definition) is 3. The standard InChI is InChI=1S/C20H22ClF2N3O/c1-14-12-24-18(25-13-14)3-2-6-20(23)7-9-26(10-8-20)19(27)15-4-5-17(22)16(21)11-15/h4-5,11-13H,2-3,6-10H2,1H3/i7D2,10D2. The highest BCUT2D eigenvalue weighted by atomic mass is 35.5. The monoisotopic (exact) mass is 397 g/mol. The maximum Gasteiger partial charge on any atom is 0.253 e. The lowest BCUT2D eigenvalue weighted by Crippen LogP contribution is -2.44. The largest absolute Gasteiger partial charge is 0.338 e. The summed E-state index contributed by atoms with van der Waals surface area (Å²) in [6.07, 6.45) is 0.239. The van der Waals surface area contributed by atoms with Gasteiger partial charge in [0.15, 0.2) is 0 Å². The van der Waals surface area contributed by atoms with Gasteiger partial charge in [0.05, 0.1) is 5.02 Å². The highest BCUT2D eigenvalue weighted by Gasteiger charge is 2.35. The Hall–Kier alpha value is -2.08. The maximum absolute atomic E-state index is 15.7. The summed E-state index contributed by atoms with van der Waals surface area (Å²) in [7, 11) is 0. The first-order valence-electron chi connectivity index (χ1n) is 10.6. The van der Waals surface area contributed by atoms with E-state index in [0.717, 1.165) is 23.8 Å². The Morgan fingerprint density at radius 2 is 2.15 bits per heavy atom. The second-order valence-corrected chi connectivity index (χ2v) is 6.93. The van der Waals surface area contributed by atoms with Gasteiger partial charge in [-0.25, -0.2) is 18.7 Å². The second kappa shape index (κ2) is 8.30. The number of amides is 1. The van der Waals surface area contributed by atoms with Crippen LogP contribution in [0.4, 0.5) is 8.78 Å². The fourth-order valence-electron chi connectivity index (χ4n) is 2.74. The number of rotatable bonds is 5. The minimum atomic E-state index is -2.49. The minimum Gasteiger partial charge on any atom is -0.338 e. The first kappa shape index (κ1) is 14.9. The number of carbonyl (C=O) groups excluding carboxylic acids is 1. The van der Waals surface area contributed by atoms with Gasteiger partial charge in [-0.15, -0.1) is 0 Å². The molecule has 1 aliphatic heterocycles. The molecule has 0 spiro atoms. The van der Waals surface area contributed by atoms with E-state index in [2.05, 4.69) is 9.97 Å². The fourth-order valence-corrected chi connectivity index (χ4v) is 2.92. The highest BCUT2D eigenvalue weighted by Crippen LogP contribution is 2.32. The number of aryl methyl sites for hydroxylation is 2. The Labute approximate surface area is 168 Å². The summed E-state index contributed by atoms with van der Waals surface area (Å²) in [6, 6.07) is 3.15. The van der Waals surface area contributed by atoms with E-state index in [0.29, 0.717) is 17.1 Å². The molecule has 1 aliphatic rings. The van der Waals surface area contributed by atoms with Crippen molar-refractivity contribution in [1.29, 1.82) is 0 Å². The molecule has 3 rings (SSSR count). The van der Waals surface area contributed by atoms with Gasteiger partial charge in [0.1, 0.15) is 17.3 Å². The molecule has 2 aromatic rings. The van der Waals surface area contributed by atoms with E-state index in [9.17, 15) is 9.18 Å². The molecule has 1 aromatic heterocycles. The van der Waals surface area contributed by atoms with Crippen LogP contribution in [0, 0.1) is 12.7 Å². The first-order valence-corrected chi connectivity index (χ1v) is 8.96. The number of nitrogens with zero attached hydrogens (tertiary/aromatic N) is 3. The molecular formula is C20H22ClF2N3O. The quantitative estimate of drug-likeness (QED) is 0.743. The van der Waals surface area contributed by atoms with Crippen molar-refractivity contribution in [2.75, 3.05) is 13.0 Å². The van der Waals surface area contributed by atoms with E-state index < -0.39 is 43.2 Å². The van der Waals surface area contributed by atoms with Gasteiger partial charge in [0, 0.05) is 42.9 Å². The zero-order valence-corrected chi connectivity index (χ0v) is 15.6. The van der Waals surface area contributed by atoms with Crippen LogP contribution in [-0.4, -0.2) is 39.5 Å². The predicted octanol–water partition coefficient (Wildman–Crippen LogP) is 4.54. The van der Waals surface area contributed by atoms with Gasteiger partial charge in [-0.2, -0.15) is 0 Å². The number of hydrogen-bond donors (Lipinski definition) is 0. The molecule has 1 amide bonds. The molecule has 144 valence electrons. The Bertz CT molecular complexity index is 977. The van der Waals surface area contributed by atoms with E-state index in [1.807, 2.05) is 6.92 Å². The molecule has 0 N–H and O–H groups in total. The summed E-state index contributed by atoms with van der Waals surface area (Å²) in [5.41, 5.74) is -1.71. The zero-order chi connectivity index (χ0) is 23.0. The summed E-state index contributed by atoms with van der Waals surface area (Å²) in [5.74, 6) is -1.13. The second-order valence-electron chi connectivity index (χ2n) is 6.53. The average molecular weight is 398 g/mol. The van der Waals surface area contributed by atoms with Gasteiger partial charge in [-0.3, -0.25) is 4.79 Å². The van der Waals surface area contributed by atoms with Crippen molar-refractivity contribution in [1.82, 2.24) is 14.9 Å². The fraction of sp³-hybridized carbons (Fsp3) is 0.450. The van der Waals surface area contributed by atoms with E-state index in [1.54, 1.807) is 12.4 Å². The Kier molecular flexibility index (Phi) is 4.58. The molecular weight excluding hydrogens is 372 g/mol. The van der Waals surface area contributed by atoms with Crippen LogP contribution in [0.1, 0.15) is 52.9 Å². The molecule has 27 heavy (non-hydrogen) atoms. The van der Waals surface area contributed by atoms with Crippen LogP contribution in [0.2, 0.25) is 5.02 Å². The van der Waals surface area contributed by atoms with Crippen LogP contribution in [0.3, 0.4) is 0 Å². The number of likely N-dealkylation sites (tertiary alicyclic amines) is 1. The van der Waals surface area contributed by atoms with Gasteiger partial charge >= 0.3 is 0 Å². The molecule has 1 unspecified atom stereocenters. The van der Waals surface area contributed by atoms with Crippen LogP contribution in [0.15, 0.2) is 30.6 Å². The summed E-state index contributed by atoms with van der Waals surface area (Å²) in [5, 5.41) is -0.315. The molecule has 1 aromatic carbocycles. The van der Waals surface area contributed by atoms with Crippen molar-refractivity contribution >= 4 is 17.5 Å². The Morgan fingerprint density at radius 3 is 2.85 bits per heavy atom. The average Bonchev–Trinajstić information content (AvgIpc) is 2.68. The molecule has 0 saturated carbocycles. The molecule has 0 bridgehead atoms. The van der Waals surface area contributed by atoms with Crippen LogP contribution >= 0.6 is 11.6 Å². The number of alkyl halides is 1. The lowest BCUT2D eigenvalue weighted by atomic mass is 9.88. The summed E-state index contributed by atoms with van der Waals surface area (Å²) >= 11 is 5.70. The van der Waals surface area contributed by atoms with Crippen molar-refractivity contribution in [2.24, 2.45) is 0 Å². The van der Waals surface area contributed by atoms with Crippen LogP contribution in [0.5, 0.6) is 0 Å². The van der Waals surface area contributed by atoms with Crippen molar-refractivity contribution < 1.29 is 19.1 Å². The molecule has 1 atom stereocenters. The zero-order valence-electron chi connectivity index (χ0n) is 18.8. The molecule has 4 nitrogen and oxygen atoms in total. The number of carbonyl (C=O) groups is 1. The van der Waals surface area contributed by atoms with Gasteiger partial charge < -0.3 is 4.90 Å². The van der Waals surface area contributed by atoms with E-state index in [1.165, 1.54) is 0 Å². The molecule has 1 fully saturated rings. The molecule has 0 radical (unpaired) electrons. The third-order valence-electron chi connectivity index (χ3n) is 4.32. The van der Waals surface area contributed by atoms with E-state index >= 15 is 4.39 Å². The van der Waals surface area contributed by atoms with Gasteiger partial charge in [0.25, 0.3) is 5.91 Å². The van der Waals surface area contributed by atoms with Gasteiger partial charge in [0.2, 0.25) is 0 Å². The number of piperidine rings is 1. The topological polar surface area (TPSA) is 46.1 Å². The lowest BCUT2D eigenvalue weighted by Gasteiger charge is -2.36. The predicted molar refractivity (Wildman–Crippen MR) is 100 cm³/mol. The van der Waals surface area contributed by atoms with Crippen LogP contribution < -0.4 is 0 Å². The van der Waals surface area contributed by atoms with Gasteiger partial charge in [-0.05, 0) is 56.3 Å². The normalized spacial score (nSPS) is 25.9. The van der Waals surface area contributed by atoms with Crippen molar-refractivity contribution in [3.05, 3.63) is 58.4 Å². The number of halogens is 3. The number of benzene rings is 1. The third-order valence-corrected chi connectivity index (χ3v) is 4.61. The lowest BCUT2D eigenvalue weighted by molar-refractivity contribution is 0.0389. The SMILES string of the molecule is [2H]C1([2H])CC(F)(CCCc2ncc(C)cn2)C([2H])([2H])CN1C(=O)c1ccc(F)c(Cl)c1. The molecule has 0 aliphatic carbocycles. The first-order chi connectivity index (χ1) is 14.3. The minimum absolute atomic E-state index is 0.103. The van der Waals surface area contributed by atoms with Crippen molar-refractivity contribution in [2.45, 2.75) is 44.6 Å². The summed E-state index contributed by atoms with van der Waals surface area (Å²) in [4.78, 5) is 21.7. The van der Waals surface area contributed by atoms with Crippen LogP contribution in [-0.2, 0) is 6.42 Å². The van der Waals surface area contributed by atoms with Crippen LogP contribution in [0.25, 0.3) is 0 Å². The molecule has 1 saturated heterocycles. The maximum atomic E-state index is 15.7. The third kappa shape index (κ3) is 5.01. The summed E-state index contributed by atoms with van der Waals surface area (Å²) < 4.78 is 62.1. The molecule has 7 heteroatoms. The van der Waals surface area contributed by atoms with E-state index in [-0.39, 0.29) is 23.4 Å². The number of aromatic nitrogens is 2. The van der Waals surface area contributed by atoms with Gasteiger partial charge in [-0.1, -0.05) is 11.6 Å². The highest BCUT2D eigenvalue weighted by molar-refractivity contribution is 6.31. The van der Waals surface area contributed by atoms with Crippen molar-refractivity contribution in [3.8, 4) is 0 Å². The Balaban J connectivity index is 1.75.